The molecule has 3 aromatic rings. The molecule has 0 unspecified atom stereocenters. The van der Waals surface area contributed by atoms with Crippen molar-refractivity contribution >= 4 is 0 Å². The van der Waals surface area contributed by atoms with E-state index in [0.29, 0.717) is 12.1 Å². The zero-order valence-electron chi connectivity index (χ0n) is 15.8. The van der Waals surface area contributed by atoms with Crippen LogP contribution in [0.2, 0.25) is 0 Å². The summed E-state index contributed by atoms with van der Waals surface area (Å²) in [6.45, 7) is 4.47. The average Bonchev–Trinajstić information content (AvgIpc) is 3.03. The molecule has 1 aliphatic rings. The van der Waals surface area contributed by atoms with Gasteiger partial charge in [0.25, 0.3) is 0 Å². The fourth-order valence-electron chi connectivity index (χ4n) is 4.12. The highest BCUT2D eigenvalue weighted by Gasteiger charge is 2.33. The summed E-state index contributed by atoms with van der Waals surface area (Å²) in [7, 11) is 0. The number of hydrogen-bond donors (Lipinski definition) is 0. The summed E-state index contributed by atoms with van der Waals surface area (Å²) in [5.74, 6) is 0. The molecule has 1 aliphatic heterocycles. The highest BCUT2D eigenvalue weighted by Crippen LogP contribution is 2.36. The number of rotatable bonds is 3. The quantitative estimate of drug-likeness (QED) is 0.553. The Hall–Kier alpha value is -2.53. The van der Waals surface area contributed by atoms with Crippen LogP contribution < -0.4 is 0 Å². The molecule has 0 saturated heterocycles. The van der Waals surface area contributed by atoms with Crippen molar-refractivity contribution in [2.45, 2.75) is 38.7 Å². The first-order valence-corrected chi connectivity index (χ1v) is 9.53. The lowest BCUT2D eigenvalue weighted by molar-refractivity contribution is -0.137. The van der Waals surface area contributed by atoms with E-state index in [4.69, 9.17) is 0 Å². The van der Waals surface area contributed by atoms with Crippen LogP contribution in [0.15, 0.2) is 66.9 Å². The Kier molecular flexibility index (Phi) is 5.02. The summed E-state index contributed by atoms with van der Waals surface area (Å²) >= 11 is 0. The number of halogens is 3. The van der Waals surface area contributed by atoms with Crippen molar-refractivity contribution in [1.29, 1.82) is 0 Å². The van der Waals surface area contributed by atoms with Crippen LogP contribution in [-0.2, 0) is 19.3 Å². The van der Waals surface area contributed by atoms with Gasteiger partial charge in [0.2, 0.25) is 0 Å². The second-order valence-electron chi connectivity index (χ2n) is 7.47. The van der Waals surface area contributed by atoms with Gasteiger partial charge in [0, 0.05) is 31.5 Å². The maximum absolute atomic E-state index is 13.3. The van der Waals surface area contributed by atoms with Crippen molar-refractivity contribution in [1.82, 2.24) is 9.47 Å². The maximum atomic E-state index is 13.3. The van der Waals surface area contributed by atoms with E-state index in [1.54, 1.807) is 0 Å². The fourth-order valence-corrected chi connectivity index (χ4v) is 4.12. The lowest BCUT2D eigenvalue weighted by Crippen LogP contribution is -2.29. The second kappa shape index (κ2) is 7.47. The van der Waals surface area contributed by atoms with Gasteiger partial charge in [-0.15, -0.1) is 0 Å². The zero-order chi connectivity index (χ0) is 19.7. The van der Waals surface area contributed by atoms with Crippen molar-refractivity contribution in [2.24, 2.45) is 0 Å². The Labute approximate surface area is 163 Å². The molecule has 1 aromatic heterocycles. The normalized spacial score (nSPS) is 17.9. The molecule has 0 bridgehead atoms. The van der Waals surface area contributed by atoms with Crippen LogP contribution in [-0.4, -0.2) is 16.0 Å². The Balaban J connectivity index is 1.77. The van der Waals surface area contributed by atoms with Gasteiger partial charge in [0.1, 0.15) is 0 Å². The number of aromatic nitrogens is 1. The van der Waals surface area contributed by atoms with Crippen LogP contribution in [0.1, 0.15) is 40.4 Å². The highest BCUT2D eigenvalue weighted by molar-refractivity contribution is 5.34. The van der Waals surface area contributed by atoms with Crippen molar-refractivity contribution in [3.05, 3.63) is 94.8 Å². The third-order valence-electron chi connectivity index (χ3n) is 5.35. The first-order valence-electron chi connectivity index (χ1n) is 9.53. The summed E-state index contributed by atoms with van der Waals surface area (Å²) < 4.78 is 42.1. The summed E-state index contributed by atoms with van der Waals surface area (Å²) in [4.78, 5) is 2.29. The van der Waals surface area contributed by atoms with E-state index in [9.17, 15) is 13.2 Å². The molecule has 1 atom stereocenters. The molecular weight excluding hydrogens is 361 g/mol. The lowest BCUT2D eigenvalue weighted by atomic mass is 9.98. The molecule has 2 aromatic carbocycles. The summed E-state index contributed by atoms with van der Waals surface area (Å²) in [6, 6.07) is 17.9. The van der Waals surface area contributed by atoms with Crippen LogP contribution in [0.4, 0.5) is 13.2 Å². The standard InChI is InChI=1S/C23H23F3N2/c1-17-6-2-7-18(14-17)16-28-13-5-12-27-11-4-10-21(27)22(28)19-8-3-9-20(15-19)23(24,25)26/h2-4,6-11,14-15,22H,5,12-13,16H2,1H3/t22-/m1/s1. The zero-order valence-corrected chi connectivity index (χ0v) is 15.8. The van der Waals surface area contributed by atoms with Crippen molar-refractivity contribution < 1.29 is 13.2 Å². The van der Waals surface area contributed by atoms with E-state index >= 15 is 0 Å². The molecule has 0 saturated carbocycles. The largest absolute Gasteiger partial charge is 0.416 e. The Morgan fingerprint density at radius 3 is 2.57 bits per heavy atom. The molecule has 2 nitrogen and oxygen atoms in total. The van der Waals surface area contributed by atoms with Crippen LogP contribution in [0.3, 0.4) is 0 Å². The molecule has 0 fully saturated rings. The lowest BCUT2D eigenvalue weighted by Gasteiger charge is -2.31. The number of alkyl halides is 3. The van der Waals surface area contributed by atoms with Crippen LogP contribution in [0, 0.1) is 6.92 Å². The van der Waals surface area contributed by atoms with Gasteiger partial charge in [-0.2, -0.15) is 13.2 Å². The van der Waals surface area contributed by atoms with Gasteiger partial charge in [-0.25, -0.2) is 0 Å². The van der Waals surface area contributed by atoms with Gasteiger partial charge in [0.15, 0.2) is 0 Å². The van der Waals surface area contributed by atoms with E-state index in [2.05, 4.69) is 34.6 Å². The van der Waals surface area contributed by atoms with Crippen molar-refractivity contribution in [3.63, 3.8) is 0 Å². The van der Waals surface area contributed by atoms with E-state index in [-0.39, 0.29) is 6.04 Å². The molecule has 0 amide bonds. The minimum absolute atomic E-state index is 0.208. The predicted octanol–water partition coefficient (Wildman–Crippen LogP) is 5.81. The van der Waals surface area contributed by atoms with E-state index in [1.165, 1.54) is 23.3 Å². The highest BCUT2D eigenvalue weighted by atomic mass is 19.4. The summed E-state index contributed by atoms with van der Waals surface area (Å²) in [5.41, 5.74) is 3.50. The first-order chi connectivity index (χ1) is 13.4. The molecule has 146 valence electrons. The minimum atomic E-state index is -4.34. The monoisotopic (exact) mass is 384 g/mol. The molecular formula is C23H23F3N2. The average molecular weight is 384 g/mol. The van der Waals surface area contributed by atoms with Crippen LogP contribution in [0.25, 0.3) is 0 Å². The summed E-state index contributed by atoms with van der Waals surface area (Å²) in [6.07, 6.45) is -1.36. The number of hydrogen-bond acceptors (Lipinski definition) is 1. The van der Waals surface area contributed by atoms with Crippen molar-refractivity contribution in [2.75, 3.05) is 6.54 Å². The van der Waals surface area contributed by atoms with Gasteiger partial charge >= 0.3 is 6.18 Å². The molecule has 2 heterocycles. The molecule has 0 spiro atoms. The molecule has 0 radical (unpaired) electrons. The number of fused-ring (bicyclic) bond motifs is 1. The Bertz CT molecular complexity index is 958. The minimum Gasteiger partial charge on any atom is -0.350 e. The number of benzene rings is 2. The van der Waals surface area contributed by atoms with E-state index in [1.807, 2.05) is 30.5 Å². The van der Waals surface area contributed by atoms with Crippen LogP contribution >= 0.6 is 0 Å². The van der Waals surface area contributed by atoms with E-state index < -0.39 is 11.7 Å². The Morgan fingerprint density at radius 1 is 0.964 bits per heavy atom. The molecule has 0 aliphatic carbocycles. The molecule has 28 heavy (non-hydrogen) atoms. The van der Waals surface area contributed by atoms with Gasteiger partial charge in [-0.1, -0.05) is 42.0 Å². The first kappa shape index (κ1) is 18.8. The second-order valence-corrected chi connectivity index (χ2v) is 7.47. The molecule has 4 rings (SSSR count). The van der Waals surface area contributed by atoms with Gasteiger partial charge < -0.3 is 4.57 Å². The number of nitrogens with zero attached hydrogens (tertiary/aromatic N) is 2. The van der Waals surface area contributed by atoms with E-state index in [0.717, 1.165) is 31.3 Å². The van der Waals surface area contributed by atoms with Gasteiger partial charge in [-0.05, 0) is 48.7 Å². The van der Waals surface area contributed by atoms with Gasteiger partial charge in [-0.3, -0.25) is 4.90 Å². The summed E-state index contributed by atoms with van der Waals surface area (Å²) in [5, 5.41) is 0. The molecule has 0 N–H and O–H groups in total. The SMILES string of the molecule is Cc1cccc(CN2CCCn3cccc3[C@H]2c2cccc(C(F)(F)F)c2)c1. The maximum Gasteiger partial charge on any atom is 0.416 e. The topological polar surface area (TPSA) is 8.17 Å². The third kappa shape index (κ3) is 3.85. The third-order valence-corrected chi connectivity index (χ3v) is 5.35. The molecule has 5 heteroatoms. The number of aryl methyl sites for hydroxylation is 2. The van der Waals surface area contributed by atoms with Gasteiger partial charge in [0.05, 0.1) is 11.6 Å². The smallest absolute Gasteiger partial charge is 0.350 e. The van der Waals surface area contributed by atoms with Crippen molar-refractivity contribution in [3.8, 4) is 0 Å². The van der Waals surface area contributed by atoms with Crippen LogP contribution in [0.5, 0.6) is 0 Å². The fraction of sp³-hybridized carbons (Fsp3) is 0.304. The predicted molar refractivity (Wildman–Crippen MR) is 104 cm³/mol. The Morgan fingerprint density at radius 2 is 1.79 bits per heavy atom.